The van der Waals surface area contributed by atoms with Gasteiger partial charge in [0, 0.05) is 10.0 Å². The summed E-state index contributed by atoms with van der Waals surface area (Å²) in [5.74, 6) is 1.58. The molecule has 0 amide bonds. The van der Waals surface area contributed by atoms with Crippen LogP contribution in [0, 0.1) is 6.92 Å². The lowest BCUT2D eigenvalue weighted by Gasteiger charge is -2.18. The van der Waals surface area contributed by atoms with E-state index in [-0.39, 0.29) is 4.83 Å². The molecule has 5 heteroatoms. The van der Waals surface area contributed by atoms with Crippen molar-refractivity contribution in [2.75, 3.05) is 14.2 Å². The van der Waals surface area contributed by atoms with Gasteiger partial charge in [-0.2, -0.15) is 0 Å². The van der Waals surface area contributed by atoms with Crippen LogP contribution in [-0.2, 0) is 0 Å². The van der Waals surface area contributed by atoms with Crippen molar-refractivity contribution in [1.82, 2.24) is 0 Å². The summed E-state index contributed by atoms with van der Waals surface area (Å²) >= 11 is 10.9. The van der Waals surface area contributed by atoms with Gasteiger partial charge in [-0.25, -0.2) is 0 Å². The summed E-state index contributed by atoms with van der Waals surface area (Å²) in [6.45, 7) is 2.08. The first-order valence-corrected chi connectivity index (χ1v) is 8.80. The van der Waals surface area contributed by atoms with Crippen LogP contribution in [0.3, 0.4) is 0 Å². The van der Waals surface area contributed by atoms with Gasteiger partial charge in [0.15, 0.2) is 0 Å². The molecule has 0 aliphatic carbocycles. The Balaban J connectivity index is 2.56. The molecule has 0 radical (unpaired) electrons. The highest BCUT2D eigenvalue weighted by Gasteiger charge is 2.20. The maximum Gasteiger partial charge on any atom is 0.133 e. The molecule has 2 nitrogen and oxygen atoms in total. The Kier molecular flexibility index (Phi) is 5.74. The van der Waals surface area contributed by atoms with E-state index < -0.39 is 0 Å². The number of hydrogen-bond donors (Lipinski definition) is 0. The Morgan fingerprint density at radius 3 is 2.24 bits per heavy atom. The summed E-state index contributed by atoms with van der Waals surface area (Å²) in [7, 11) is 3.32. The fraction of sp³-hybridized carbons (Fsp3) is 0.250. The topological polar surface area (TPSA) is 18.5 Å². The molecule has 1 unspecified atom stereocenters. The first kappa shape index (κ1) is 16.8. The monoisotopic (exact) mass is 476 g/mol. The second kappa shape index (κ2) is 7.16. The van der Waals surface area contributed by atoms with Gasteiger partial charge in [0.1, 0.15) is 11.5 Å². The molecule has 0 spiro atoms. The zero-order valence-corrected chi connectivity index (χ0v) is 16.7. The van der Waals surface area contributed by atoms with E-state index in [9.17, 15) is 0 Å². The normalized spacial score (nSPS) is 12.1. The fourth-order valence-corrected chi connectivity index (χ4v) is 4.14. The van der Waals surface area contributed by atoms with Gasteiger partial charge in [-0.3, -0.25) is 0 Å². The predicted molar refractivity (Wildman–Crippen MR) is 96.9 cm³/mol. The summed E-state index contributed by atoms with van der Waals surface area (Å²) in [5.41, 5.74) is 3.36. The highest BCUT2D eigenvalue weighted by atomic mass is 79.9. The molecular weight excluding hydrogens is 464 g/mol. The minimum atomic E-state index is 0.00345. The van der Waals surface area contributed by atoms with Crippen molar-refractivity contribution in [1.29, 1.82) is 0 Å². The van der Waals surface area contributed by atoms with Crippen LogP contribution in [0.5, 0.6) is 11.5 Å². The number of methoxy groups -OCH3 is 2. The van der Waals surface area contributed by atoms with E-state index in [1.54, 1.807) is 14.2 Å². The van der Waals surface area contributed by atoms with Crippen molar-refractivity contribution < 1.29 is 9.47 Å². The Labute approximate surface area is 150 Å². The van der Waals surface area contributed by atoms with Gasteiger partial charge in [0.25, 0.3) is 0 Å². The molecule has 1 atom stereocenters. The third-order valence-electron chi connectivity index (χ3n) is 3.27. The second-order valence-electron chi connectivity index (χ2n) is 4.57. The number of aryl methyl sites for hydroxylation is 1. The molecule has 2 rings (SSSR count). The van der Waals surface area contributed by atoms with Gasteiger partial charge in [0.2, 0.25) is 0 Å². The van der Waals surface area contributed by atoms with Crippen molar-refractivity contribution in [3.8, 4) is 11.5 Å². The van der Waals surface area contributed by atoms with Crippen molar-refractivity contribution in [3.05, 3.63) is 56.0 Å². The zero-order valence-electron chi connectivity index (χ0n) is 11.9. The summed E-state index contributed by atoms with van der Waals surface area (Å²) in [5, 5.41) is 0. The molecular formula is C16H15Br3O2. The molecule has 0 aromatic heterocycles. The average molecular weight is 479 g/mol. The van der Waals surface area contributed by atoms with Crippen LogP contribution in [-0.4, -0.2) is 14.2 Å². The van der Waals surface area contributed by atoms with Gasteiger partial charge >= 0.3 is 0 Å². The number of rotatable bonds is 4. The van der Waals surface area contributed by atoms with Gasteiger partial charge in [-0.05, 0) is 46.1 Å². The number of benzene rings is 2. The molecule has 2 aromatic carbocycles. The largest absolute Gasteiger partial charge is 0.496 e. The summed E-state index contributed by atoms with van der Waals surface area (Å²) in [6.07, 6.45) is 0. The van der Waals surface area contributed by atoms with Crippen LogP contribution >= 0.6 is 47.8 Å². The van der Waals surface area contributed by atoms with Crippen molar-refractivity contribution >= 4 is 47.8 Å². The quantitative estimate of drug-likeness (QED) is 0.500. The Morgan fingerprint density at radius 2 is 1.62 bits per heavy atom. The Hall–Kier alpha value is -0.520. The molecule has 0 saturated carbocycles. The molecule has 0 aliphatic rings. The highest BCUT2D eigenvalue weighted by Crippen LogP contribution is 2.44. The smallest absolute Gasteiger partial charge is 0.133 e. The van der Waals surface area contributed by atoms with Gasteiger partial charge in [-0.15, -0.1) is 0 Å². The van der Waals surface area contributed by atoms with Crippen LogP contribution in [0.1, 0.15) is 21.5 Å². The molecule has 0 aliphatic heterocycles. The Bertz CT molecular complexity index is 656. The van der Waals surface area contributed by atoms with Crippen LogP contribution in [0.2, 0.25) is 0 Å². The summed E-state index contributed by atoms with van der Waals surface area (Å²) in [6, 6.07) is 10.1. The van der Waals surface area contributed by atoms with E-state index >= 15 is 0 Å². The van der Waals surface area contributed by atoms with Crippen molar-refractivity contribution in [2.24, 2.45) is 0 Å². The lowest BCUT2D eigenvalue weighted by atomic mass is 10.0. The van der Waals surface area contributed by atoms with Crippen LogP contribution in [0.25, 0.3) is 0 Å². The molecule has 0 saturated heterocycles. The summed E-state index contributed by atoms with van der Waals surface area (Å²) < 4.78 is 12.9. The lowest BCUT2D eigenvalue weighted by Crippen LogP contribution is -2.00. The average Bonchev–Trinajstić information content (AvgIpc) is 2.49. The molecule has 0 fully saturated rings. The minimum absolute atomic E-state index is 0.00345. The summed E-state index contributed by atoms with van der Waals surface area (Å²) in [4.78, 5) is 0.00345. The lowest BCUT2D eigenvalue weighted by molar-refractivity contribution is 0.397. The van der Waals surface area contributed by atoms with E-state index in [1.807, 2.05) is 18.2 Å². The third-order valence-corrected chi connectivity index (χ3v) is 5.96. The van der Waals surface area contributed by atoms with E-state index in [0.29, 0.717) is 0 Å². The first-order chi connectivity index (χ1) is 9.99. The fourth-order valence-electron chi connectivity index (χ4n) is 2.12. The molecule has 0 bridgehead atoms. The molecule has 21 heavy (non-hydrogen) atoms. The highest BCUT2D eigenvalue weighted by molar-refractivity contribution is 9.11. The minimum Gasteiger partial charge on any atom is -0.496 e. The molecule has 0 N–H and O–H groups in total. The second-order valence-corrected chi connectivity index (χ2v) is 7.13. The van der Waals surface area contributed by atoms with E-state index in [0.717, 1.165) is 31.6 Å². The maximum atomic E-state index is 5.51. The number of halogens is 3. The van der Waals surface area contributed by atoms with Crippen molar-refractivity contribution in [2.45, 2.75) is 11.8 Å². The number of hydrogen-bond acceptors (Lipinski definition) is 2. The van der Waals surface area contributed by atoms with E-state index in [4.69, 9.17) is 9.47 Å². The van der Waals surface area contributed by atoms with E-state index in [2.05, 4.69) is 66.8 Å². The van der Waals surface area contributed by atoms with Gasteiger partial charge in [-0.1, -0.05) is 50.1 Å². The molecule has 0 heterocycles. The third kappa shape index (κ3) is 3.46. The first-order valence-electron chi connectivity index (χ1n) is 6.30. The van der Waals surface area contributed by atoms with Gasteiger partial charge in [0.05, 0.1) is 23.5 Å². The zero-order chi connectivity index (χ0) is 15.6. The van der Waals surface area contributed by atoms with Crippen molar-refractivity contribution in [3.63, 3.8) is 0 Å². The van der Waals surface area contributed by atoms with E-state index in [1.165, 1.54) is 5.56 Å². The standard InChI is InChI=1S/C16H15Br3O2/c1-9-5-4-6-10(15(9)18)16(19)11-7-14(21-3)12(17)8-13(11)20-2/h4-8,16H,1-3H3. The van der Waals surface area contributed by atoms with Gasteiger partial charge < -0.3 is 9.47 Å². The predicted octanol–water partition coefficient (Wildman–Crippen LogP) is 6.02. The molecule has 2 aromatic rings. The molecule has 112 valence electrons. The maximum absolute atomic E-state index is 5.51. The van der Waals surface area contributed by atoms with Crippen LogP contribution in [0.4, 0.5) is 0 Å². The number of ether oxygens (including phenoxy) is 2. The number of alkyl halides is 1. The van der Waals surface area contributed by atoms with Crippen LogP contribution < -0.4 is 9.47 Å². The van der Waals surface area contributed by atoms with Crippen LogP contribution in [0.15, 0.2) is 39.3 Å². The Morgan fingerprint density at radius 1 is 0.952 bits per heavy atom. The SMILES string of the molecule is COc1cc(C(Br)c2cccc(C)c2Br)c(OC)cc1Br.